The molecule has 1 saturated carbocycles. The summed E-state index contributed by atoms with van der Waals surface area (Å²) in [5.41, 5.74) is 1.55. The molecule has 0 spiro atoms. The standard InChI is InChI=1S/C11H18O/c1-8-4-2-5-9-6-3-7-10(12)11(8)9/h5,8,10-12H,2-4,6-7H2,1H3/t8-,10-,11+/m1/s1. The molecule has 0 aromatic carbocycles. The summed E-state index contributed by atoms with van der Waals surface area (Å²) in [5.74, 6) is 1.22. The van der Waals surface area contributed by atoms with Gasteiger partial charge in [0.1, 0.15) is 0 Å². The van der Waals surface area contributed by atoms with E-state index in [1.54, 1.807) is 5.57 Å². The first kappa shape index (κ1) is 8.31. The minimum absolute atomic E-state index is 0.0414. The average molecular weight is 166 g/mol. The summed E-state index contributed by atoms with van der Waals surface area (Å²) in [6.45, 7) is 2.28. The van der Waals surface area contributed by atoms with E-state index in [4.69, 9.17) is 0 Å². The Bertz CT molecular complexity index is 195. The zero-order chi connectivity index (χ0) is 8.55. The number of rotatable bonds is 0. The molecule has 3 atom stereocenters. The summed E-state index contributed by atoms with van der Waals surface area (Å²) in [5, 5.41) is 9.83. The molecule has 2 rings (SSSR count). The highest BCUT2D eigenvalue weighted by atomic mass is 16.3. The van der Waals surface area contributed by atoms with E-state index in [0.717, 1.165) is 6.42 Å². The molecular weight excluding hydrogens is 148 g/mol. The number of aliphatic hydroxyl groups is 1. The summed E-state index contributed by atoms with van der Waals surface area (Å²) < 4.78 is 0. The summed E-state index contributed by atoms with van der Waals surface area (Å²) in [7, 11) is 0. The van der Waals surface area contributed by atoms with Crippen molar-refractivity contribution in [2.24, 2.45) is 11.8 Å². The summed E-state index contributed by atoms with van der Waals surface area (Å²) in [6, 6.07) is 0. The van der Waals surface area contributed by atoms with Gasteiger partial charge in [0, 0.05) is 5.92 Å². The second-order valence-electron chi connectivity index (χ2n) is 4.32. The van der Waals surface area contributed by atoms with Crippen LogP contribution in [0.3, 0.4) is 0 Å². The predicted molar refractivity (Wildman–Crippen MR) is 49.8 cm³/mol. The lowest BCUT2D eigenvalue weighted by Gasteiger charge is -2.37. The van der Waals surface area contributed by atoms with Crippen LogP contribution in [0.4, 0.5) is 0 Å². The average Bonchev–Trinajstić information content (AvgIpc) is 2.04. The van der Waals surface area contributed by atoms with Crippen molar-refractivity contribution in [3.05, 3.63) is 11.6 Å². The fourth-order valence-electron chi connectivity index (χ4n) is 2.80. The highest BCUT2D eigenvalue weighted by Gasteiger charge is 2.33. The van der Waals surface area contributed by atoms with E-state index in [-0.39, 0.29) is 6.10 Å². The van der Waals surface area contributed by atoms with Crippen LogP contribution in [0.5, 0.6) is 0 Å². The predicted octanol–water partition coefficient (Wildman–Crippen LogP) is 2.50. The van der Waals surface area contributed by atoms with Crippen molar-refractivity contribution in [2.45, 2.75) is 45.1 Å². The molecule has 0 aromatic heterocycles. The molecule has 0 unspecified atom stereocenters. The maximum absolute atomic E-state index is 9.83. The van der Waals surface area contributed by atoms with Crippen LogP contribution in [0.2, 0.25) is 0 Å². The summed E-state index contributed by atoms with van der Waals surface area (Å²) in [6.07, 6.45) is 8.28. The Balaban J connectivity index is 2.19. The molecule has 2 aliphatic carbocycles. The van der Waals surface area contributed by atoms with Gasteiger partial charge in [0.25, 0.3) is 0 Å². The number of hydrogen-bond donors (Lipinski definition) is 1. The van der Waals surface area contributed by atoms with Crippen molar-refractivity contribution in [1.29, 1.82) is 0 Å². The van der Waals surface area contributed by atoms with Crippen molar-refractivity contribution >= 4 is 0 Å². The molecule has 68 valence electrons. The van der Waals surface area contributed by atoms with Crippen molar-refractivity contribution < 1.29 is 5.11 Å². The van der Waals surface area contributed by atoms with Gasteiger partial charge in [-0.05, 0) is 38.0 Å². The highest BCUT2D eigenvalue weighted by molar-refractivity contribution is 5.15. The molecule has 0 aliphatic heterocycles. The third kappa shape index (κ3) is 1.31. The molecule has 1 fully saturated rings. The van der Waals surface area contributed by atoms with Crippen LogP contribution in [0, 0.1) is 11.8 Å². The Labute approximate surface area is 74.5 Å². The number of aliphatic hydroxyl groups excluding tert-OH is 1. The van der Waals surface area contributed by atoms with Crippen LogP contribution >= 0.6 is 0 Å². The maximum Gasteiger partial charge on any atom is 0.0608 e. The molecule has 0 saturated heterocycles. The van der Waals surface area contributed by atoms with Crippen LogP contribution < -0.4 is 0 Å². The van der Waals surface area contributed by atoms with E-state index < -0.39 is 0 Å². The van der Waals surface area contributed by atoms with E-state index in [0.29, 0.717) is 11.8 Å². The lowest BCUT2D eigenvalue weighted by molar-refractivity contribution is 0.0650. The number of fused-ring (bicyclic) bond motifs is 1. The van der Waals surface area contributed by atoms with Crippen molar-refractivity contribution in [3.63, 3.8) is 0 Å². The molecule has 1 nitrogen and oxygen atoms in total. The Morgan fingerprint density at radius 2 is 2.25 bits per heavy atom. The highest BCUT2D eigenvalue weighted by Crippen LogP contribution is 2.40. The Hall–Kier alpha value is -0.300. The first-order valence-electron chi connectivity index (χ1n) is 5.16. The van der Waals surface area contributed by atoms with Crippen molar-refractivity contribution in [3.8, 4) is 0 Å². The van der Waals surface area contributed by atoms with Crippen LogP contribution in [0.25, 0.3) is 0 Å². The van der Waals surface area contributed by atoms with E-state index in [9.17, 15) is 5.11 Å². The second-order valence-corrected chi connectivity index (χ2v) is 4.32. The van der Waals surface area contributed by atoms with Crippen molar-refractivity contribution in [2.75, 3.05) is 0 Å². The van der Waals surface area contributed by atoms with E-state index in [2.05, 4.69) is 13.0 Å². The molecule has 0 aromatic rings. The largest absolute Gasteiger partial charge is 0.392 e. The first-order valence-corrected chi connectivity index (χ1v) is 5.16. The molecule has 1 heteroatoms. The van der Waals surface area contributed by atoms with E-state index >= 15 is 0 Å². The zero-order valence-corrected chi connectivity index (χ0v) is 7.79. The lowest BCUT2D eigenvalue weighted by atomic mass is 9.70. The van der Waals surface area contributed by atoms with Gasteiger partial charge in [0.2, 0.25) is 0 Å². The zero-order valence-electron chi connectivity index (χ0n) is 7.79. The Morgan fingerprint density at radius 3 is 3.00 bits per heavy atom. The molecule has 1 N–H and O–H groups in total. The molecule has 0 heterocycles. The van der Waals surface area contributed by atoms with Gasteiger partial charge in [-0.2, -0.15) is 0 Å². The van der Waals surface area contributed by atoms with Crippen LogP contribution in [0.15, 0.2) is 11.6 Å². The molecule has 2 aliphatic rings. The molecule has 0 radical (unpaired) electrons. The first-order chi connectivity index (χ1) is 5.79. The smallest absolute Gasteiger partial charge is 0.0608 e. The third-order valence-corrected chi connectivity index (χ3v) is 3.45. The van der Waals surface area contributed by atoms with Crippen LogP contribution in [0.1, 0.15) is 39.0 Å². The molecule has 12 heavy (non-hydrogen) atoms. The fourth-order valence-corrected chi connectivity index (χ4v) is 2.80. The number of hydrogen-bond acceptors (Lipinski definition) is 1. The molecular formula is C11H18O. The van der Waals surface area contributed by atoms with Gasteiger partial charge < -0.3 is 5.11 Å². The quantitative estimate of drug-likeness (QED) is 0.548. The maximum atomic E-state index is 9.83. The van der Waals surface area contributed by atoms with Gasteiger partial charge >= 0.3 is 0 Å². The third-order valence-electron chi connectivity index (χ3n) is 3.45. The van der Waals surface area contributed by atoms with Gasteiger partial charge in [0.05, 0.1) is 6.10 Å². The van der Waals surface area contributed by atoms with Gasteiger partial charge in [-0.15, -0.1) is 0 Å². The molecule has 0 amide bonds. The van der Waals surface area contributed by atoms with E-state index in [1.165, 1.54) is 25.7 Å². The lowest BCUT2D eigenvalue weighted by Crippen LogP contribution is -2.33. The minimum Gasteiger partial charge on any atom is -0.392 e. The van der Waals surface area contributed by atoms with Gasteiger partial charge in [-0.3, -0.25) is 0 Å². The molecule has 0 bridgehead atoms. The monoisotopic (exact) mass is 166 g/mol. The van der Waals surface area contributed by atoms with Crippen LogP contribution in [-0.2, 0) is 0 Å². The second kappa shape index (κ2) is 3.21. The SMILES string of the molecule is C[C@@H]1CCC=C2CCC[C@@H](O)[C@H]21. The van der Waals surface area contributed by atoms with Gasteiger partial charge in [-0.1, -0.05) is 18.6 Å². The minimum atomic E-state index is -0.0414. The summed E-state index contributed by atoms with van der Waals surface area (Å²) in [4.78, 5) is 0. The normalized spacial score (nSPS) is 41.8. The Kier molecular flexibility index (Phi) is 2.22. The van der Waals surface area contributed by atoms with Gasteiger partial charge in [0.15, 0.2) is 0 Å². The van der Waals surface area contributed by atoms with E-state index in [1.807, 2.05) is 0 Å². The van der Waals surface area contributed by atoms with Crippen molar-refractivity contribution in [1.82, 2.24) is 0 Å². The van der Waals surface area contributed by atoms with Gasteiger partial charge in [-0.25, -0.2) is 0 Å². The summed E-state index contributed by atoms with van der Waals surface area (Å²) >= 11 is 0. The van der Waals surface area contributed by atoms with Crippen LogP contribution in [-0.4, -0.2) is 11.2 Å². The number of allylic oxidation sites excluding steroid dienone is 1. The fraction of sp³-hybridized carbons (Fsp3) is 0.818. The Morgan fingerprint density at radius 1 is 1.42 bits per heavy atom. The topological polar surface area (TPSA) is 20.2 Å².